The van der Waals surface area contributed by atoms with E-state index in [0.29, 0.717) is 43.1 Å². The fourth-order valence-electron chi connectivity index (χ4n) is 10.1. The molecule has 0 fully saturated rings. The molecule has 4 aliphatic rings. The van der Waals surface area contributed by atoms with Crippen molar-refractivity contribution < 1.29 is 33.9 Å². The van der Waals surface area contributed by atoms with Crippen LogP contribution in [0.1, 0.15) is 93.0 Å². The zero-order chi connectivity index (χ0) is 62.4. The topological polar surface area (TPSA) is 307 Å². The summed E-state index contributed by atoms with van der Waals surface area (Å²) in [5.41, 5.74) is 15.3. The Kier molecular flexibility index (Phi) is 21.3. The van der Waals surface area contributed by atoms with E-state index in [0.717, 1.165) is 123 Å². The first kappa shape index (κ1) is 63.9. The van der Waals surface area contributed by atoms with Gasteiger partial charge in [-0.2, -0.15) is 20.4 Å². The molecule has 8 aromatic heterocycles. The van der Waals surface area contributed by atoms with Crippen LogP contribution in [-0.4, -0.2) is 137 Å². The molecule has 23 nitrogen and oxygen atoms in total. The lowest BCUT2D eigenvalue weighted by molar-refractivity contribution is -0.120. The second kappa shape index (κ2) is 29.4. The number of aromatic nitrogens is 12. The van der Waals surface area contributed by atoms with Gasteiger partial charge in [-0.15, -0.1) is 0 Å². The van der Waals surface area contributed by atoms with Crippen molar-refractivity contribution >= 4 is 63.9 Å². The van der Waals surface area contributed by atoms with Gasteiger partial charge in [0.15, 0.2) is 0 Å². The lowest BCUT2D eigenvalue weighted by Crippen LogP contribution is -2.39. The molecule has 1 aliphatic carbocycles. The van der Waals surface area contributed by atoms with Crippen LogP contribution in [0.5, 0.6) is 0 Å². The predicted molar refractivity (Wildman–Crippen MR) is 338 cm³/mol. The number of fused-ring (bicyclic) bond motifs is 4. The van der Waals surface area contributed by atoms with Crippen LogP contribution in [0.2, 0.25) is 5.02 Å². The average molecular weight is 1280 g/mol. The highest BCUT2D eigenvalue weighted by atomic mass is 79.9. The van der Waals surface area contributed by atoms with Crippen molar-refractivity contribution in [3.05, 3.63) is 177 Å². The number of rotatable bonds is 6. The molecular formula is C62H71BBrClN16O7. The molecular weight excluding hydrogens is 1210 g/mol. The monoisotopic (exact) mass is 1280 g/mol. The third-order valence-corrected chi connectivity index (χ3v) is 15.3. The molecule has 3 amide bonds. The lowest BCUT2D eigenvalue weighted by atomic mass is 9.81. The number of carbonyl (C=O) groups excluding carboxylic acids is 3. The van der Waals surface area contributed by atoms with E-state index in [-0.39, 0.29) is 24.0 Å². The molecule has 0 saturated heterocycles. The summed E-state index contributed by atoms with van der Waals surface area (Å²) in [5.74, 6) is -0.0561. The van der Waals surface area contributed by atoms with E-state index in [2.05, 4.69) is 87.3 Å². The largest absolute Gasteiger partial charge is 0.488 e. The van der Waals surface area contributed by atoms with Crippen LogP contribution in [0.4, 0.5) is 15.3 Å². The number of amides is 3. The van der Waals surface area contributed by atoms with Gasteiger partial charge < -0.3 is 40.0 Å². The van der Waals surface area contributed by atoms with Gasteiger partial charge >= 0.3 is 19.3 Å². The van der Waals surface area contributed by atoms with Crippen molar-refractivity contribution in [2.45, 2.75) is 111 Å². The highest BCUT2D eigenvalue weighted by Crippen LogP contribution is 2.34. The summed E-state index contributed by atoms with van der Waals surface area (Å²) in [6, 6.07) is 22.0. The Labute approximate surface area is 523 Å². The maximum absolute atomic E-state index is 12.7. The summed E-state index contributed by atoms with van der Waals surface area (Å²) in [4.78, 5) is 56.1. The summed E-state index contributed by atoms with van der Waals surface area (Å²) in [7, 11) is -1.38. The van der Waals surface area contributed by atoms with E-state index < -0.39 is 18.3 Å². The van der Waals surface area contributed by atoms with Crippen molar-refractivity contribution in [1.29, 1.82) is 0 Å². The number of benzene rings is 1. The molecule has 13 rings (SSSR count). The van der Waals surface area contributed by atoms with Crippen molar-refractivity contribution in [3.8, 4) is 33.8 Å². The highest BCUT2D eigenvalue weighted by molar-refractivity contribution is 9.10. The Morgan fingerprint density at radius 1 is 0.602 bits per heavy atom. The zero-order valence-corrected chi connectivity index (χ0v) is 52.2. The van der Waals surface area contributed by atoms with E-state index in [9.17, 15) is 14.4 Å². The van der Waals surface area contributed by atoms with Gasteiger partial charge in [-0.05, 0) is 149 Å². The summed E-state index contributed by atoms with van der Waals surface area (Å²) in [5, 5.41) is 53.6. The van der Waals surface area contributed by atoms with Gasteiger partial charge in [0, 0.05) is 173 Å². The fourth-order valence-corrected chi connectivity index (χ4v) is 10.7. The molecule has 458 valence electrons. The van der Waals surface area contributed by atoms with Crippen LogP contribution < -0.4 is 16.1 Å². The number of aryl methyl sites for hydroxylation is 1. The van der Waals surface area contributed by atoms with Gasteiger partial charge in [0.25, 0.3) is 0 Å². The maximum Gasteiger partial charge on any atom is 0.488 e. The molecule has 3 aliphatic heterocycles. The molecule has 26 heteroatoms. The molecule has 11 heterocycles. The third kappa shape index (κ3) is 17.3. The van der Waals surface area contributed by atoms with Crippen LogP contribution in [0.25, 0.3) is 33.8 Å². The van der Waals surface area contributed by atoms with Crippen LogP contribution in [0.3, 0.4) is 0 Å². The minimum absolute atomic E-state index is 0.0230. The van der Waals surface area contributed by atoms with Gasteiger partial charge in [0.2, 0.25) is 5.91 Å². The SMILES string of the molecule is CC(C)(C)OC(=O)N1CCc2[nH]nc(-c3ccncc3)c2C1.CC(C)(C)OC(=O)N1CCc2[nH]nc(Br)c2C1.O=C(Nc1cccc(Cl)c1)C1CCc2[nH]nc(-c3ccncc3)c2C1.OB(O)c1ccncc1.c1cc(-c2n[nH]c3c2CNCC3)ccn1. The fraction of sp³-hybridized carbons (Fsp3) is 0.339. The number of anilines is 1. The third-order valence-electron chi connectivity index (χ3n) is 14.4. The summed E-state index contributed by atoms with van der Waals surface area (Å²) in [6.07, 6.45) is 17.9. The Morgan fingerprint density at radius 3 is 1.56 bits per heavy atom. The molecule has 0 bridgehead atoms. The first-order valence-electron chi connectivity index (χ1n) is 28.9. The molecule has 1 aromatic carbocycles. The van der Waals surface area contributed by atoms with E-state index >= 15 is 0 Å². The molecule has 88 heavy (non-hydrogen) atoms. The number of hydrogen-bond acceptors (Lipinski definition) is 16. The van der Waals surface area contributed by atoms with Crippen LogP contribution in [0, 0.1) is 5.92 Å². The predicted octanol–water partition coefficient (Wildman–Crippen LogP) is 8.98. The van der Waals surface area contributed by atoms with Crippen molar-refractivity contribution in [2.24, 2.45) is 5.92 Å². The molecule has 1 unspecified atom stereocenters. The first-order valence-corrected chi connectivity index (χ1v) is 30.0. The number of nitrogens with zero attached hydrogens (tertiary/aromatic N) is 10. The quantitative estimate of drug-likeness (QED) is 0.0720. The maximum atomic E-state index is 12.7. The number of pyridine rings is 4. The number of aromatic amines is 4. The normalized spacial score (nSPS) is 14.8. The number of H-pyrrole nitrogens is 4. The van der Waals surface area contributed by atoms with E-state index in [4.69, 9.17) is 31.1 Å². The van der Waals surface area contributed by atoms with Crippen LogP contribution in [-0.2, 0) is 66.0 Å². The van der Waals surface area contributed by atoms with Crippen LogP contribution in [0.15, 0.2) is 127 Å². The van der Waals surface area contributed by atoms with E-state index in [1.165, 1.54) is 23.7 Å². The second-order valence-electron chi connectivity index (χ2n) is 23.1. The molecule has 0 radical (unpaired) electrons. The standard InChI is InChI=1S/C19H17ClN4O.C16H20N4O2.C11H16BrN3O2.C11H12N4.C5H6BNO2/c20-14-2-1-3-15(11-14)22-19(25)13-4-5-17-16(10-13)18(24-23-17)12-6-8-21-9-7-12;1-16(2,3)22-15(21)20-9-6-13-12(10-20)14(19-18-13)11-4-7-17-8-5-11;1-11(2,3)17-10(16)15-5-4-8-7(6-15)9(12)14-13-8;1-4-12-5-2-8(1)11-9-7-13-6-3-10(9)14-15-11;8-6(9)5-1-3-7-4-2-5/h1-3,6-9,11,13H,4-5,10H2,(H,22,25)(H,23,24);4-5,7-8H,6,9-10H2,1-3H3,(H,18,19);4-6H2,1-3H3,(H,13,14);1-2,4-5,13H,3,6-7H2,(H,14,15);1-4,8-9H. The minimum Gasteiger partial charge on any atom is -0.444 e. The minimum atomic E-state index is -1.38. The molecule has 1 atom stereocenters. The number of nitrogens with one attached hydrogen (secondary N) is 6. The number of halogens is 2. The number of ether oxygens (including phenoxy) is 2. The molecule has 0 spiro atoms. The summed E-state index contributed by atoms with van der Waals surface area (Å²) in [6.45, 7) is 15.5. The lowest BCUT2D eigenvalue weighted by Gasteiger charge is -2.30. The average Bonchev–Trinajstić information content (AvgIpc) is 4.47. The van der Waals surface area contributed by atoms with Crippen LogP contribution >= 0.6 is 27.5 Å². The first-order chi connectivity index (χ1) is 42.3. The van der Waals surface area contributed by atoms with Crippen molar-refractivity contribution in [1.82, 2.24) is 75.8 Å². The number of hydrogen-bond donors (Lipinski definition) is 8. The summed E-state index contributed by atoms with van der Waals surface area (Å²) < 4.78 is 11.6. The van der Waals surface area contributed by atoms with Gasteiger partial charge in [0.1, 0.15) is 15.8 Å². The van der Waals surface area contributed by atoms with E-state index in [1.807, 2.05) is 90.1 Å². The van der Waals surface area contributed by atoms with Crippen molar-refractivity contribution in [2.75, 3.05) is 25.0 Å². The zero-order valence-electron chi connectivity index (χ0n) is 49.9. The van der Waals surface area contributed by atoms with Gasteiger partial charge in [0.05, 0.1) is 30.2 Å². The Hall–Kier alpha value is -8.62. The number of carbonyl (C=O) groups is 3. The van der Waals surface area contributed by atoms with Gasteiger partial charge in [-0.1, -0.05) is 17.7 Å². The Morgan fingerprint density at radius 2 is 1.06 bits per heavy atom. The van der Waals surface area contributed by atoms with Gasteiger partial charge in [-0.3, -0.25) is 45.1 Å². The highest BCUT2D eigenvalue weighted by Gasteiger charge is 2.32. The Balaban J connectivity index is 0.000000135. The molecule has 9 aromatic rings. The van der Waals surface area contributed by atoms with Crippen molar-refractivity contribution in [3.63, 3.8) is 0 Å². The second-order valence-corrected chi connectivity index (χ2v) is 24.3. The van der Waals surface area contributed by atoms with Gasteiger partial charge in [-0.25, -0.2) is 9.59 Å². The smallest absolute Gasteiger partial charge is 0.444 e. The molecule has 8 N–H and O–H groups in total. The molecule has 0 saturated carbocycles. The Bertz CT molecular complexity index is 3750. The summed E-state index contributed by atoms with van der Waals surface area (Å²) >= 11 is 9.36. The van der Waals surface area contributed by atoms with E-state index in [1.54, 1.807) is 71.2 Å².